The number of carbonyl (C=O) groups excluding carboxylic acids is 1. The molecule has 0 bridgehead atoms. The normalized spacial score (nSPS) is 34.7. The molecule has 0 spiro atoms. The summed E-state index contributed by atoms with van der Waals surface area (Å²) in [5.41, 5.74) is 5.47. The quantitative estimate of drug-likeness (QED) is 0.707. The van der Waals surface area contributed by atoms with E-state index in [2.05, 4.69) is 0 Å². The summed E-state index contributed by atoms with van der Waals surface area (Å²) in [6, 6.07) is -0.539. The number of hydrogen-bond acceptors (Lipinski definition) is 4. The van der Waals surface area contributed by atoms with Gasteiger partial charge in [-0.15, -0.1) is 0 Å². The number of carboxylic acids is 1. The molecule has 2 rings (SSSR count). The van der Waals surface area contributed by atoms with Crippen LogP contribution in [0.15, 0.2) is 0 Å². The molecule has 2 saturated heterocycles. The number of nitrogens with two attached hydrogens (primary N) is 1. The highest BCUT2D eigenvalue weighted by atomic mass is 32.2. The van der Waals surface area contributed by atoms with Crippen LogP contribution < -0.4 is 5.73 Å². The predicted octanol–water partition coefficient (Wildman–Crippen LogP) is 0.387. The van der Waals surface area contributed by atoms with Gasteiger partial charge >= 0.3 is 5.97 Å². The third-order valence-electron chi connectivity index (χ3n) is 3.86. The maximum absolute atomic E-state index is 12.0. The van der Waals surface area contributed by atoms with Crippen molar-refractivity contribution in [2.45, 2.75) is 37.6 Å². The summed E-state index contributed by atoms with van der Waals surface area (Å²) < 4.78 is 0. The molecule has 2 aliphatic rings. The summed E-state index contributed by atoms with van der Waals surface area (Å²) in [7, 11) is 0. The Bertz CT molecular complexity index is 361. The van der Waals surface area contributed by atoms with Gasteiger partial charge < -0.3 is 15.7 Å². The van der Waals surface area contributed by atoms with E-state index in [9.17, 15) is 14.7 Å². The van der Waals surface area contributed by atoms with Crippen LogP contribution in [-0.2, 0) is 9.59 Å². The lowest BCUT2D eigenvalue weighted by Gasteiger charge is -2.46. The Labute approximate surface area is 111 Å². The minimum Gasteiger partial charge on any atom is -0.480 e. The highest BCUT2D eigenvalue weighted by Gasteiger charge is 2.60. The van der Waals surface area contributed by atoms with E-state index in [1.807, 2.05) is 13.8 Å². The highest BCUT2D eigenvalue weighted by molar-refractivity contribution is 8.00. The van der Waals surface area contributed by atoms with Crippen LogP contribution in [0.1, 0.15) is 20.3 Å². The molecule has 6 heteroatoms. The molecule has 3 N–H and O–H groups in total. The van der Waals surface area contributed by atoms with E-state index in [0.717, 1.165) is 12.2 Å². The summed E-state index contributed by atoms with van der Waals surface area (Å²) in [5.74, 6) is 0.165. The van der Waals surface area contributed by atoms with E-state index in [1.54, 1.807) is 16.7 Å². The molecule has 1 amide bonds. The molecule has 5 nitrogen and oxygen atoms in total. The van der Waals surface area contributed by atoms with Gasteiger partial charge in [0.05, 0.1) is 5.92 Å². The van der Waals surface area contributed by atoms with Gasteiger partial charge in [0.2, 0.25) is 5.91 Å². The fourth-order valence-electron chi connectivity index (χ4n) is 3.13. The molecule has 102 valence electrons. The van der Waals surface area contributed by atoms with Gasteiger partial charge in [-0.25, -0.2) is 4.79 Å². The van der Waals surface area contributed by atoms with Gasteiger partial charge in [-0.3, -0.25) is 4.79 Å². The molecule has 2 heterocycles. The monoisotopic (exact) mass is 272 g/mol. The molecule has 0 aromatic carbocycles. The van der Waals surface area contributed by atoms with Crippen LogP contribution in [0.25, 0.3) is 0 Å². The Morgan fingerprint density at radius 3 is 2.78 bits per heavy atom. The molecular formula is C12H20N2O3S. The van der Waals surface area contributed by atoms with Crippen LogP contribution in [0.4, 0.5) is 0 Å². The van der Waals surface area contributed by atoms with E-state index in [0.29, 0.717) is 6.54 Å². The number of aliphatic carboxylic acids is 1. The van der Waals surface area contributed by atoms with Crippen molar-refractivity contribution in [2.75, 3.05) is 12.3 Å². The Morgan fingerprint density at radius 2 is 2.28 bits per heavy atom. The molecule has 0 saturated carbocycles. The number of hydrogen-bond donors (Lipinski definition) is 2. The smallest absolute Gasteiger partial charge is 0.327 e. The highest BCUT2D eigenvalue weighted by Crippen LogP contribution is 2.46. The zero-order valence-corrected chi connectivity index (χ0v) is 11.5. The van der Waals surface area contributed by atoms with Crippen molar-refractivity contribution in [1.29, 1.82) is 0 Å². The van der Waals surface area contributed by atoms with Crippen molar-refractivity contribution in [3.63, 3.8) is 0 Å². The minimum absolute atomic E-state index is 0.00956. The van der Waals surface area contributed by atoms with Crippen molar-refractivity contribution in [3.8, 4) is 0 Å². The number of thioether (sulfide) groups is 1. The number of fused-ring (bicyclic) bond motifs is 1. The number of amides is 1. The van der Waals surface area contributed by atoms with Crippen LogP contribution >= 0.6 is 11.8 Å². The Morgan fingerprint density at radius 1 is 1.61 bits per heavy atom. The van der Waals surface area contributed by atoms with Crippen LogP contribution in [0.3, 0.4) is 0 Å². The maximum Gasteiger partial charge on any atom is 0.327 e. The second-order valence-corrected chi connectivity index (χ2v) is 6.65. The van der Waals surface area contributed by atoms with E-state index < -0.39 is 12.0 Å². The molecular weight excluding hydrogens is 252 g/mol. The van der Waals surface area contributed by atoms with Crippen molar-refractivity contribution in [3.05, 3.63) is 0 Å². The number of nitrogens with zero attached hydrogens (tertiary/aromatic N) is 1. The molecule has 0 aliphatic carbocycles. The second kappa shape index (κ2) is 5.09. The molecule has 0 aromatic rings. The summed E-state index contributed by atoms with van der Waals surface area (Å²) in [4.78, 5) is 25.0. The van der Waals surface area contributed by atoms with Gasteiger partial charge in [0.25, 0.3) is 0 Å². The van der Waals surface area contributed by atoms with Crippen LogP contribution in [-0.4, -0.2) is 51.5 Å². The Kier molecular flexibility index (Phi) is 3.87. The van der Waals surface area contributed by atoms with Gasteiger partial charge in [-0.05, 0) is 12.3 Å². The third-order valence-corrected chi connectivity index (χ3v) is 5.21. The average Bonchev–Trinajstić information content (AvgIpc) is 2.60. The lowest BCUT2D eigenvalue weighted by Crippen LogP contribution is -2.63. The number of carboxylic acid groups (broad SMARTS) is 1. The van der Waals surface area contributed by atoms with Crippen LogP contribution in [0.5, 0.6) is 0 Å². The first-order valence-electron chi connectivity index (χ1n) is 6.35. The van der Waals surface area contributed by atoms with E-state index in [4.69, 9.17) is 5.73 Å². The first-order chi connectivity index (χ1) is 8.49. The lowest BCUT2D eigenvalue weighted by atomic mass is 9.79. The fourth-order valence-corrected chi connectivity index (χ4v) is 4.33. The summed E-state index contributed by atoms with van der Waals surface area (Å²) in [6.07, 6.45) is 0.788. The average molecular weight is 272 g/mol. The van der Waals surface area contributed by atoms with E-state index in [-0.39, 0.29) is 29.0 Å². The first kappa shape index (κ1) is 13.7. The largest absolute Gasteiger partial charge is 0.480 e. The first-order valence-corrected chi connectivity index (χ1v) is 7.40. The molecule has 0 aromatic heterocycles. The van der Waals surface area contributed by atoms with Gasteiger partial charge in [0.1, 0.15) is 6.04 Å². The number of carbonyl (C=O) groups is 2. The maximum atomic E-state index is 12.0. The van der Waals surface area contributed by atoms with Crippen LogP contribution in [0, 0.1) is 11.8 Å². The fraction of sp³-hybridized carbons (Fsp3) is 0.833. The topological polar surface area (TPSA) is 83.6 Å². The number of rotatable bonds is 5. The van der Waals surface area contributed by atoms with Gasteiger partial charge in [0, 0.05) is 23.6 Å². The zero-order chi connectivity index (χ0) is 13.4. The lowest BCUT2D eigenvalue weighted by molar-refractivity contribution is -0.166. The molecule has 4 unspecified atom stereocenters. The van der Waals surface area contributed by atoms with E-state index in [1.165, 1.54) is 0 Å². The van der Waals surface area contributed by atoms with Crippen LogP contribution in [0.2, 0.25) is 0 Å². The van der Waals surface area contributed by atoms with E-state index >= 15 is 0 Å². The molecule has 2 aliphatic heterocycles. The summed E-state index contributed by atoms with van der Waals surface area (Å²) >= 11 is 1.58. The predicted molar refractivity (Wildman–Crippen MR) is 70.3 cm³/mol. The molecule has 4 atom stereocenters. The van der Waals surface area contributed by atoms with Crippen molar-refractivity contribution < 1.29 is 14.7 Å². The molecule has 18 heavy (non-hydrogen) atoms. The van der Waals surface area contributed by atoms with Crippen molar-refractivity contribution in [1.82, 2.24) is 4.90 Å². The van der Waals surface area contributed by atoms with Crippen molar-refractivity contribution in [2.24, 2.45) is 17.6 Å². The summed E-state index contributed by atoms with van der Waals surface area (Å²) in [5, 5.41) is 9.30. The van der Waals surface area contributed by atoms with Crippen molar-refractivity contribution >= 4 is 23.6 Å². The number of β-lactam (4-membered cyclic amide) rings is 1. The van der Waals surface area contributed by atoms with Gasteiger partial charge in [-0.2, -0.15) is 11.8 Å². The molecule has 0 radical (unpaired) electrons. The standard InChI is InChI=1S/C12H20N2O3S/c1-6(2)9-7-5-8(18-4-3-13)10(12(16)17)14(7)11(9)15/h6-10H,3-5,13H2,1-2H3,(H,16,17). The minimum atomic E-state index is -0.887. The SMILES string of the molecule is CC(C)C1C(=O)N2C1CC(SCCN)C2C(=O)O. The Hall–Kier alpha value is -0.750. The Balaban J connectivity index is 2.12. The second-order valence-electron chi connectivity index (χ2n) is 5.30. The zero-order valence-electron chi connectivity index (χ0n) is 10.7. The third kappa shape index (κ3) is 2.01. The summed E-state index contributed by atoms with van der Waals surface area (Å²) in [6.45, 7) is 4.59. The molecule has 2 fully saturated rings. The van der Waals surface area contributed by atoms with Gasteiger partial charge in [0.15, 0.2) is 0 Å². The van der Waals surface area contributed by atoms with Gasteiger partial charge in [-0.1, -0.05) is 13.8 Å².